The van der Waals surface area contributed by atoms with Gasteiger partial charge in [0.2, 0.25) is 15.9 Å². The number of aryl methyl sites for hydroxylation is 1. The Labute approximate surface area is 152 Å². The van der Waals surface area contributed by atoms with E-state index in [2.05, 4.69) is 10.6 Å². The van der Waals surface area contributed by atoms with Gasteiger partial charge >= 0.3 is 0 Å². The Morgan fingerprint density at radius 3 is 2.27 bits per heavy atom. The molecule has 0 aliphatic carbocycles. The summed E-state index contributed by atoms with van der Waals surface area (Å²) >= 11 is 0. The van der Waals surface area contributed by atoms with Crippen LogP contribution >= 0.6 is 0 Å². The normalized spacial score (nSPS) is 11.0. The van der Waals surface area contributed by atoms with Crippen molar-refractivity contribution in [2.75, 3.05) is 13.1 Å². The van der Waals surface area contributed by atoms with Gasteiger partial charge in [0.25, 0.3) is 5.91 Å². The zero-order valence-corrected chi connectivity index (χ0v) is 15.2. The molecule has 2 aromatic carbocycles. The summed E-state index contributed by atoms with van der Waals surface area (Å²) < 4.78 is 22.4. The highest BCUT2D eigenvalue weighted by atomic mass is 32.2. The molecule has 0 saturated carbocycles. The molecule has 0 aliphatic heterocycles. The van der Waals surface area contributed by atoms with Crippen LogP contribution in [0.25, 0.3) is 0 Å². The van der Waals surface area contributed by atoms with Crippen LogP contribution in [0, 0.1) is 6.92 Å². The van der Waals surface area contributed by atoms with Crippen molar-refractivity contribution in [2.45, 2.75) is 18.2 Å². The van der Waals surface area contributed by atoms with E-state index in [0.29, 0.717) is 18.5 Å². The molecule has 138 valence electrons. The summed E-state index contributed by atoms with van der Waals surface area (Å²) in [7, 11) is -3.71. The monoisotopic (exact) mass is 375 g/mol. The number of hydrogen-bond acceptors (Lipinski definition) is 4. The number of carbonyl (C=O) groups is 2. The lowest BCUT2D eigenvalue weighted by Gasteiger charge is -2.09. The van der Waals surface area contributed by atoms with Crippen molar-refractivity contribution in [3.05, 3.63) is 65.2 Å². The van der Waals surface area contributed by atoms with Gasteiger partial charge in [-0.1, -0.05) is 30.3 Å². The van der Waals surface area contributed by atoms with Gasteiger partial charge in [0.1, 0.15) is 0 Å². The molecule has 26 heavy (non-hydrogen) atoms. The first kappa shape index (κ1) is 19.6. The molecular formula is C18H21N3O4S. The van der Waals surface area contributed by atoms with Gasteiger partial charge in [-0.05, 0) is 42.7 Å². The van der Waals surface area contributed by atoms with Crippen LogP contribution in [0.1, 0.15) is 21.5 Å². The molecule has 8 heteroatoms. The van der Waals surface area contributed by atoms with Gasteiger partial charge < -0.3 is 10.6 Å². The Bertz CT molecular complexity index is 893. The minimum Gasteiger partial charge on any atom is -0.354 e. The lowest BCUT2D eigenvalue weighted by atomic mass is 10.1. The zero-order valence-electron chi connectivity index (χ0n) is 14.4. The third-order valence-corrected chi connectivity index (χ3v) is 4.72. The minimum atomic E-state index is -3.71. The lowest BCUT2D eigenvalue weighted by Crippen LogP contribution is -2.37. The third kappa shape index (κ3) is 5.68. The van der Waals surface area contributed by atoms with E-state index in [4.69, 9.17) is 5.14 Å². The molecule has 0 bridgehead atoms. The van der Waals surface area contributed by atoms with Gasteiger partial charge in [0.05, 0.1) is 11.4 Å². The van der Waals surface area contributed by atoms with E-state index in [1.54, 1.807) is 24.3 Å². The molecule has 2 amide bonds. The molecule has 0 atom stereocenters. The standard InChI is InChI=1S/C18H21N3O4S/c1-13-4-2-3-5-16(13)18(23)21-12-17(22)20-11-10-14-6-8-15(9-7-14)26(19,24)25/h2-9H,10-12H2,1H3,(H,20,22)(H,21,23)(H2,19,24,25). The van der Waals surface area contributed by atoms with E-state index >= 15 is 0 Å². The summed E-state index contributed by atoms with van der Waals surface area (Å²) in [5.41, 5.74) is 2.24. The molecule has 2 aromatic rings. The highest BCUT2D eigenvalue weighted by Crippen LogP contribution is 2.09. The van der Waals surface area contributed by atoms with E-state index in [9.17, 15) is 18.0 Å². The maximum Gasteiger partial charge on any atom is 0.251 e. The SMILES string of the molecule is Cc1ccccc1C(=O)NCC(=O)NCCc1ccc(S(N)(=O)=O)cc1. The lowest BCUT2D eigenvalue weighted by molar-refractivity contribution is -0.120. The van der Waals surface area contributed by atoms with Gasteiger partial charge in [-0.2, -0.15) is 0 Å². The van der Waals surface area contributed by atoms with Crippen LogP contribution in [0.15, 0.2) is 53.4 Å². The molecule has 0 aliphatic rings. The van der Waals surface area contributed by atoms with Crippen LogP contribution in [-0.2, 0) is 21.2 Å². The van der Waals surface area contributed by atoms with Gasteiger partial charge in [-0.3, -0.25) is 9.59 Å². The molecule has 0 spiro atoms. The molecule has 2 rings (SSSR count). The molecule has 0 unspecified atom stereocenters. The van der Waals surface area contributed by atoms with Crippen LogP contribution in [0.5, 0.6) is 0 Å². The van der Waals surface area contributed by atoms with Crippen molar-refractivity contribution in [3.63, 3.8) is 0 Å². The average Bonchev–Trinajstić information content (AvgIpc) is 2.60. The smallest absolute Gasteiger partial charge is 0.251 e. The predicted molar refractivity (Wildman–Crippen MR) is 98.0 cm³/mol. The minimum absolute atomic E-state index is 0.0456. The second kappa shape index (κ2) is 8.59. The summed E-state index contributed by atoms with van der Waals surface area (Å²) in [6.07, 6.45) is 0.530. The maximum atomic E-state index is 12.0. The van der Waals surface area contributed by atoms with E-state index in [-0.39, 0.29) is 23.3 Å². The first-order valence-electron chi connectivity index (χ1n) is 7.99. The topological polar surface area (TPSA) is 118 Å². The van der Waals surface area contributed by atoms with Crippen molar-refractivity contribution in [2.24, 2.45) is 5.14 Å². The Kier molecular flexibility index (Phi) is 6.48. The number of carbonyl (C=O) groups excluding carboxylic acids is 2. The van der Waals surface area contributed by atoms with Gasteiger partial charge in [0.15, 0.2) is 0 Å². The number of nitrogens with two attached hydrogens (primary N) is 1. The summed E-state index contributed by atoms with van der Waals surface area (Å²) in [6, 6.07) is 13.3. The first-order valence-corrected chi connectivity index (χ1v) is 9.54. The Morgan fingerprint density at radius 1 is 1.00 bits per heavy atom. The Balaban J connectivity index is 1.75. The molecule has 0 aromatic heterocycles. The van der Waals surface area contributed by atoms with Crippen molar-refractivity contribution in [3.8, 4) is 0 Å². The second-order valence-corrected chi connectivity index (χ2v) is 7.35. The van der Waals surface area contributed by atoms with Crippen LogP contribution in [-0.4, -0.2) is 33.3 Å². The Morgan fingerprint density at radius 2 is 1.65 bits per heavy atom. The zero-order chi connectivity index (χ0) is 19.2. The van der Waals surface area contributed by atoms with Crippen LogP contribution in [0.3, 0.4) is 0 Å². The number of rotatable bonds is 7. The number of benzene rings is 2. The molecule has 0 saturated heterocycles. The van der Waals surface area contributed by atoms with Crippen LogP contribution in [0.4, 0.5) is 0 Å². The van der Waals surface area contributed by atoms with E-state index in [1.165, 1.54) is 12.1 Å². The van der Waals surface area contributed by atoms with Gasteiger partial charge in [-0.15, -0.1) is 0 Å². The summed E-state index contributed by atoms with van der Waals surface area (Å²) in [4.78, 5) is 23.9. The fourth-order valence-electron chi connectivity index (χ4n) is 2.34. The highest BCUT2D eigenvalue weighted by Gasteiger charge is 2.10. The van der Waals surface area contributed by atoms with E-state index in [1.807, 2.05) is 19.1 Å². The molecule has 7 nitrogen and oxygen atoms in total. The maximum absolute atomic E-state index is 12.0. The molecule has 0 radical (unpaired) electrons. The average molecular weight is 375 g/mol. The Hall–Kier alpha value is -2.71. The highest BCUT2D eigenvalue weighted by molar-refractivity contribution is 7.89. The fraction of sp³-hybridized carbons (Fsp3) is 0.222. The summed E-state index contributed by atoms with van der Waals surface area (Å²) in [6.45, 7) is 2.08. The largest absolute Gasteiger partial charge is 0.354 e. The number of hydrogen-bond donors (Lipinski definition) is 3. The predicted octanol–water partition coefficient (Wildman–Crippen LogP) is 0.731. The second-order valence-electron chi connectivity index (χ2n) is 5.79. The van der Waals surface area contributed by atoms with Gasteiger partial charge in [-0.25, -0.2) is 13.6 Å². The number of sulfonamides is 1. The number of amides is 2. The first-order chi connectivity index (χ1) is 12.3. The number of nitrogens with one attached hydrogen (secondary N) is 2. The van der Waals surface area contributed by atoms with Crippen LogP contribution in [0.2, 0.25) is 0 Å². The van der Waals surface area contributed by atoms with Crippen molar-refractivity contribution in [1.29, 1.82) is 0 Å². The number of primary sulfonamides is 1. The van der Waals surface area contributed by atoms with Crippen molar-refractivity contribution >= 4 is 21.8 Å². The molecular weight excluding hydrogens is 354 g/mol. The molecule has 0 heterocycles. The van der Waals surface area contributed by atoms with E-state index < -0.39 is 10.0 Å². The fourth-order valence-corrected chi connectivity index (χ4v) is 2.85. The summed E-state index contributed by atoms with van der Waals surface area (Å²) in [5.74, 6) is -0.593. The van der Waals surface area contributed by atoms with Crippen LogP contribution < -0.4 is 15.8 Å². The molecule has 4 N–H and O–H groups in total. The summed E-state index contributed by atoms with van der Waals surface area (Å²) in [5, 5.41) is 10.3. The van der Waals surface area contributed by atoms with Crippen molar-refractivity contribution < 1.29 is 18.0 Å². The third-order valence-electron chi connectivity index (χ3n) is 3.79. The van der Waals surface area contributed by atoms with Gasteiger partial charge in [0, 0.05) is 12.1 Å². The van der Waals surface area contributed by atoms with E-state index in [0.717, 1.165) is 11.1 Å². The quantitative estimate of drug-likeness (QED) is 0.661. The van der Waals surface area contributed by atoms with Crippen molar-refractivity contribution in [1.82, 2.24) is 10.6 Å². The molecule has 0 fully saturated rings.